The number of nitrogens with zero attached hydrogens (tertiary/aromatic N) is 1. The van der Waals surface area contributed by atoms with Crippen LogP contribution in [0.15, 0.2) is 52.9 Å². The Morgan fingerprint density at radius 3 is 2.07 bits per heavy atom. The predicted molar refractivity (Wildman–Crippen MR) is 105 cm³/mol. The summed E-state index contributed by atoms with van der Waals surface area (Å²) >= 11 is 4.84. The third-order valence-electron chi connectivity index (χ3n) is 3.09. The van der Waals surface area contributed by atoms with Gasteiger partial charge in [0.1, 0.15) is 0 Å². The number of hydrogen-bond donors (Lipinski definition) is 2. The number of anilines is 2. The zero-order valence-corrected chi connectivity index (χ0v) is 16.3. The van der Waals surface area contributed by atoms with E-state index in [0.29, 0.717) is 22.8 Å². The molecule has 3 aromatic rings. The first kappa shape index (κ1) is 22.4. The number of aromatic amines is 1. The summed E-state index contributed by atoms with van der Waals surface area (Å²) in [6, 6.07) is 11.9. The second-order valence-corrected chi connectivity index (χ2v) is 5.03. The maximum atomic E-state index is 12.6. The van der Waals surface area contributed by atoms with Crippen LogP contribution in [0, 0.1) is 4.84 Å². The molecule has 2 aromatic carbocycles. The van der Waals surface area contributed by atoms with E-state index in [1.54, 1.807) is 24.3 Å². The number of hydrogen-bond acceptors (Lipinski definition) is 4. The molecule has 3 rings (SSSR count). The van der Waals surface area contributed by atoms with E-state index in [1.807, 2.05) is 27.7 Å². The lowest BCUT2D eigenvalue weighted by molar-refractivity contribution is -0.137. The van der Waals surface area contributed by atoms with Crippen LogP contribution >= 0.6 is 12.2 Å². The lowest BCUT2D eigenvalue weighted by Crippen LogP contribution is -2.04. The quantitative estimate of drug-likeness (QED) is 0.458. The summed E-state index contributed by atoms with van der Waals surface area (Å²) in [5.74, 6) is 0.296. The smallest absolute Gasteiger partial charge is 0.409 e. The Balaban J connectivity index is 0.000000855. The van der Waals surface area contributed by atoms with Crippen LogP contribution in [0.3, 0.4) is 0 Å². The van der Waals surface area contributed by atoms with Crippen molar-refractivity contribution in [2.75, 3.05) is 5.32 Å². The van der Waals surface area contributed by atoms with E-state index in [4.69, 9.17) is 16.6 Å². The zero-order valence-electron chi connectivity index (χ0n) is 15.5. The lowest BCUT2D eigenvalue weighted by atomic mass is 10.1. The fraction of sp³-hybridized carbons (Fsp3) is 0.263. The molecule has 1 heterocycles. The van der Waals surface area contributed by atoms with Gasteiger partial charge in [-0.25, -0.2) is 5.10 Å². The maximum Gasteiger partial charge on any atom is 0.416 e. The van der Waals surface area contributed by atoms with E-state index in [0.717, 1.165) is 12.1 Å². The van der Waals surface area contributed by atoms with Crippen molar-refractivity contribution < 1.29 is 17.6 Å². The number of rotatable bonds is 3. The average molecular weight is 397 g/mol. The highest BCUT2D eigenvalue weighted by atomic mass is 32.1. The second-order valence-electron chi connectivity index (χ2n) is 4.66. The van der Waals surface area contributed by atoms with Crippen LogP contribution in [0.2, 0.25) is 0 Å². The molecule has 0 aliphatic rings. The maximum absolute atomic E-state index is 12.6. The van der Waals surface area contributed by atoms with Crippen molar-refractivity contribution in [1.29, 1.82) is 0 Å². The van der Waals surface area contributed by atoms with Gasteiger partial charge < -0.3 is 9.73 Å². The van der Waals surface area contributed by atoms with Crippen molar-refractivity contribution in [1.82, 2.24) is 10.2 Å². The summed E-state index contributed by atoms with van der Waals surface area (Å²) in [7, 11) is 0. The van der Waals surface area contributed by atoms with Gasteiger partial charge in [0.05, 0.1) is 16.8 Å². The van der Waals surface area contributed by atoms with Gasteiger partial charge >= 0.3 is 6.18 Å². The number of halogens is 3. The molecule has 0 saturated heterocycles. The molecular formula is C19H22F3N3OS. The van der Waals surface area contributed by atoms with Gasteiger partial charge in [-0.15, -0.1) is 5.10 Å². The second kappa shape index (κ2) is 10.5. The van der Waals surface area contributed by atoms with Crippen LogP contribution in [0.4, 0.5) is 24.5 Å². The highest BCUT2D eigenvalue weighted by Crippen LogP contribution is 2.32. The Labute approximate surface area is 161 Å². The number of benzene rings is 2. The molecule has 0 aliphatic carbocycles. The van der Waals surface area contributed by atoms with Crippen molar-refractivity contribution >= 4 is 23.6 Å². The zero-order chi connectivity index (χ0) is 20.4. The number of alkyl halides is 3. The van der Waals surface area contributed by atoms with Gasteiger partial charge in [0, 0.05) is 5.69 Å². The van der Waals surface area contributed by atoms with Gasteiger partial charge in [-0.2, -0.15) is 13.2 Å². The van der Waals surface area contributed by atoms with Gasteiger partial charge in [0.15, 0.2) is 0 Å². The summed E-state index contributed by atoms with van der Waals surface area (Å²) < 4.78 is 43.0. The Hall–Kier alpha value is -2.61. The van der Waals surface area contributed by atoms with Gasteiger partial charge in [-0.05, 0) is 48.6 Å². The minimum Gasteiger partial charge on any atom is -0.409 e. The molecule has 0 aliphatic heterocycles. The van der Waals surface area contributed by atoms with Crippen molar-refractivity contribution in [3.63, 3.8) is 0 Å². The normalized spacial score (nSPS) is 10.2. The van der Waals surface area contributed by atoms with Crippen molar-refractivity contribution in [3.05, 3.63) is 58.9 Å². The van der Waals surface area contributed by atoms with E-state index in [9.17, 15) is 13.2 Å². The Kier molecular flexibility index (Phi) is 8.74. The van der Waals surface area contributed by atoms with Crippen molar-refractivity contribution in [2.45, 2.75) is 33.9 Å². The van der Waals surface area contributed by atoms with Crippen LogP contribution in [-0.2, 0) is 6.18 Å². The molecule has 27 heavy (non-hydrogen) atoms. The molecule has 0 spiro atoms. The number of para-hydroxylation sites is 1. The van der Waals surface area contributed by atoms with Crippen LogP contribution in [0.5, 0.6) is 0 Å². The van der Waals surface area contributed by atoms with Gasteiger partial charge in [-0.1, -0.05) is 39.8 Å². The Bertz CT molecular complexity index is 871. The van der Waals surface area contributed by atoms with E-state index < -0.39 is 11.7 Å². The van der Waals surface area contributed by atoms with Crippen LogP contribution in [0.1, 0.15) is 33.3 Å². The van der Waals surface area contributed by atoms with Crippen molar-refractivity contribution in [2.24, 2.45) is 0 Å². The summed E-state index contributed by atoms with van der Waals surface area (Å²) in [5, 5.41) is 9.52. The first-order chi connectivity index (χ1) is 12.9. The van der Waals surface area contributed by atoms with Crippen LogP contribution in [-0.4, -0.2) is 10.2 Å². The topological polar surface area (TPSA) is 53.9 Å². The third-order valence-corrected chi connectivity index (χ3v) is 3.26. The average Bonchev–Trinajstić information content (AvgIpc) is 3.11. The van der Waals surface area contributed by atoms with E-state index in [2.05, 4.69) is 15.5 Å². The molecule has 0 atom stereocenters. The Morgan fingerprint density at radius 2 is 1.56 bits per heavy atom. The third kappa shape index (κ3) is 6.25. The molecule has 0 bridgehead atoms. The molecule has 146 valence electrons. The molecule has 0 saturated carbocycles. The van der Waals surface area contributed by atoms with Crippen molar-refractivity contribution in [3.8, 4) is 11.5 Å². The Morgan fingerprint density at radius 1 is 0.963 bits per heavy atom. The van der Waals surface area contributed by atoms with Gasteiger partial charge in [0.2, 0.25) is 5.89 Å². The van der Waals surface area contributed by atoms with Crippen LogP contribution < -0.4 is 5.32 Å². The molecule has 1 aromatic heterocycles. The summed E-state index contributed by atoms with van der Waals surface area (Å²) in [6.45, 7) is 8.00. The highest BCUT2D eigenvalue weighted by molar-refractivity contribution is 7.71. The minimum absolute atomic E-state index is 0.143. The first-order valence-electron chi connectivity index (χ1n) is 8.53. The lowest BCUT2D eigenvalue weighted by Gasteiger charge is -2.11. The molecule has 0 unspecified atom stereocenters. The summed E-state index contributed by atoms with van der Waals surface area (Å²) in [5.41, 5.74) is 1.09. The fourth-order valence-corrected chi connectivity index (χ4v) is 2.15. The molecule has 2 N–H and O–H groups in total. The minimum atomic E-state index is -4.36. The molecule has 0 amide bonds. The number of aromatic nitrogens is 2. The van der Waals surface area contributed by atoms with E-state index >= 15 is 0 Å². The van der Waals surface area contributed by atoms with E-state index in [1.165, 1.54) is 12.1 Å². The first-order valence-corrected chi connectivity index (χ1v) is 8.93. The largest absolute Gasteiger partial charge is 0.416 e. The summed E-state index contributed by atoms with van der Waals surface area (Å²) in [4.78, 5) is 0.143. The van der Waals surface area contributed by atoms with E-state index in [-0.39, 0.29) is 4.84 Å². The molecule has 4 nitrogen and oxygen atoms in total. The highest BCUT2D eigenvalue weighted by Gasteiger charge is 2.29. The van der Waals surface area contributed by atoms with Gasteiger partial charge in [-0.3, -0.25) is 0 Å². The molecule has 8 heteroatoms. The standard InChI is InChI=1S/C15H10F3N3OS.2C2H6/c16-15(17,18)9-5-7-10(8-6-9)19-12-4-2-1-3-11(12)13-20-21-14(23)22-13;2*1-2/h1-8,19H,(H,21,23);2*1-2H3. The predicted octanol–water partition coefficient (Wildman–Crippen LogP) is 7.21. The molecule has 0 radical (unpaired) electrons. The van der Waals surface area contributed by atoms with Gasteiger partial charge in [0.25, 0.3) is 4.84 Å². The molecule has 0 fully saturated rings. The van der Waals surface area contributed by atoms with Crippen LogP contribution in [0.25, 0.3) is 11.5 Å². The number of nitrogens with one attached hydrogen (secondary N) is 2. The SMILES string of the molecule is CC.CC.FC(F)(F)c1ccc(Nc2ccccc2-c2n[nH]c(=S)o2)cc1. The number of H-pyrrole nitrogens is 1. The summed E-state index contributed by atoms with van der Waals surface area (Å²) in [6.07, 6.45) is -4.36. The monoisotopic (exact) mass is 397 g/mol. The molecular weight excluding hydrogens is 375 g/mol. The fourth-order valence-electron chi connectivity index (χ4n) is 2.02.